The Balaban J connectivity index is 2.52. The van der Waals surface area contributed by atoms with Crippen LogP contribution in [-0.4, -0.2) is 25.2 Å². The molecule has 2 N–H and O–H groups in total. The van der Waals surface area contributed by atoms with Gasteiger partial charge in [-0.1, -0.05) is 39.0 Å². The zero-order chi connectivity index (χ0) is 15.9. The van der Waals surface area contributed by atoms with Gasteiger partial charge in [0.05, 0.1) is 6.61 Å². The number of nitrogens with one attached hydrogen (secondary N) is 2. The topological polar surface area (TPSA) is 76.7 Å². The van der Waals surface area contributed by atoms with Crippen molar-refractivity contribution in [3.8, 4) is 5.75 Å². The Morgan fingerprint density at radius 3 is 2.43 bits per heavy atom. The van der Waals surface area contributed by atoms with Crippen LogP contribution in [0, 0.1) is 0 Å². The van der Waals surface area contributed by atoms with Gasteiger partial charge in [-0.05, 0) is 24.0 Å². The molecule has 0 saturated carbocycles. The first-order chi connectivity index (χ1) is 9.84. The fourth-order valence-electron chi connectivity index (χ4n) is 1.68. The Morgan fingerprint density at radius 1 is 1.14 bits per heavy atom. The van der Waals surface area contributed by atoms with Crippen LogP contribution in [0.15, 0.2) is 24.3 Å². The molecule has 0 fully saturated rings. The minimum Gasteiger partial charge on any atom is -0.483 e. The second kappa shape index (κ2) is 7.52. The van der Waals surface area contributed by atoms with Crippen molar-refractivity contribution in [3.05, 3.63) is 29.8 Å². The van der Waals surface area contributed by atoms with Crippen LogP contribution in [0.4, 0.5) is 4.79 Å². The second-order valence-electron chi connectivity index (χ2n) is 5.43. The molecule has 0 atom stereocenters. The molecular weight excluding hydrogens is 272 g/mol. The summed E-state index contributed by atoms with van der Waals surface area (Å²) < 4.78 is 10.1. The number of hydrogen-bond donors (Lipinski definition) is 2. The number of ether oxygens (including phenoxy) is 2. The van der Waals surface area contributed by atoms with Gasteiger partial charge in [-0.25, -0.2) is 10.2 Å². The third kappa shape index (κ3) is 5.72. The first kappa shape index (κ1) is 16.8. The van der Waals surface area contributed by atoms with Crippen LogP contribution in [0.5, 0.6) is 5.75 Å². The molecule has 0 radical (unpaired) electrons. The molecule has 6 nitrogen and oxygen atoms in total. The summed E-state index contributed by atoms with van der Waals surface area (Å²) in [4.78, 5) is 22.6. The molecule has 1 rings (SSSR count). The van der Waals surface area contributed by atoms with E-state index in [1.54, 1.807) is 6.92 Å². The molecular formula is C15H22N2O4. The van der Waals surface area contributed by atoms with Crippen LogP contribution in [-0.2, 0) is 14.9 Å². The Bertz CT molecular complexity index is 495. The molecule has 116 valence electrons. The van der Waals surface area contributed by atoms with Crippen molar-refractivity contribution in [3.63, 3.8) is 0 Å². The highest BCUT2D eigenvalue weighted by atomic mass is 16.6. The van der Waals surface area contributed by atoms with Crippen LogP contribution >= 0.6 is 0 Å². The number of amides is 2. The summed E-state index contributed by atoms with van der Waals surface area (Å²) in [6.45, 7) is 7.91. The van der Waals surface area contributed by atoms with Crippen LogP contribution < -0.4 is 15.6 Å². The van der Waals surface area contributed by atoms with Crippen LogP contribution in [0.2, 0.25) is 0 Å². The summed E-state index contributed by atoms with van der Waals surface area (Å²) in [5.74, 6) is 0.183. The van der Waals surface area contributed by atoms with Crippen molar-refractivity contribution < 1.29 is 19.1 Å². The largest absolute Gasteiger partial charge is 0.483 e. The monoisotopic (exact) mass is 294 g/mol. The van der Waals surface area contributed by atoms with Gasteiger partial charge >= 0.3 is 6.09 Å². The maximum Gasteiger partial charge on any atom is 0.426 e. The number of hydrazine groups is 1. The van der Waals surface area contributed by atoms with Crippen molar-refractivity contribution in [2.24, 2.45) is 0 Å². The molecule has 6 heteroatoms. The molecule has 0 aromatic heterocycles. The van der Waals surface area contributed by atoms with Gasteiger partial charge in [0.2, 0.25) is 0 Å². The minimum absolute atomic E-state index is 0.0871. The molecule has 0 saturated heterocycles. The highest BCUT2D eigenvalue weighted by Crippen LogP contribution is 2.30. The number of benzene rings is 1. The molecule has 0 aliphatic rings. The SMILES string of the molecule is CCOC(=O)NNC(=O)COc1ccccc1C(C)(C)C. The Kier molecular flexibility index (Phi) is 6.02. The number of rotatable bonds is 4. The van der Waals surface area contributed by atoms with Gasteiger partial charge < -0.3 is 9.47 Å². The van der Waals surface area contributed by atoms with Crippen LogP contribution in [0.1, 0.15) is 33.3 Å². The van der Waals surface area contributed by atoms with E-state index >= 15 is 0 Å². The quantitative estimate of drug-likeness (QED) is 0.834. The lowest BCUT2D eigenvalue weighted by Crippen LogP contribution is -2.44. The lowest BCUT2D eigenvalue weighted by molar-refractivity contribution is -0.124. The van der Waals surface area contributed by atoms with Gasteiger partial charge in [0.1, 0.15) is 5.75 Å². The summed E-state index contributed by atoms with van der Waals surface area (Å²) >= 11 is 0. The number of para-hydroxylation sites is 1. The first-order valence-corrected chi connectivity index (χ1v) is 6.78. The molecule has 2 amide bonds. The maximum atomic E-state index is 11.6. The first-order valence-electron chi connectivity index (χ1n) is 6.78. The van der Waals surface area contributed by atoms with E-state index in [-0.39, 0.29) is 18.6 Å². The van der Waals surface area contributed by atoms with E-state index in [4.69, 9.17) is 4.74 Å². The fraction of sp³-hybridized carbons (Fsp3) is 0.467. The summed E-state index contributed by atoms with van der Waals surface area (Å²) in [5, 5.41) is 0. The molecule has 21 heavy (non-hydrogen) atoms. The normalized spacial score (nSPS) is 10.7. The lowest BCUT2D eigenvalue weighted by Gasteiger charge is -2.22. The number of carbonyl (C=O) groups is 2. The summed E-state index contributed by atoms with van der Waals surface area (Å²) in [6, 6.07) is 7.55. The van der Waals surface area contributed by atoms with Crippen molar-refractivity contribution >= 4 is 12.0 Å². The van der Waals surface area contributed by atoms with Gasteiger partial charge in [-0.15, -0.1) is 0 Å². The summed E-state index contributed by atoms with van der Waals surface area (Å²) in [5.41, 5.74) is 5.25. The molecule has 0 aliphatic heterocycles. The highest BCUT2D eigenvalue weighted by Gasteiger charge is 2.18. The van der Waals surface area contributed by atoms with E-state index in [0.717, 1.165) is 5.56 Å². The molecule has 0 aliphatic carbocycles. The predicted molar refractivity (Wildman–Crippen MR) is 78.9 cm³/mol. The standard InChI is InChI=1S/C15H22N2O4/c1-5-20-14(19)17-16-13(18)10-21-12-9-7-6-8-11(12)15(2,3)4/h6-9H,5,10H2,1-4H3,(H,16,18)(H,17,19). The predicted octanol–water partition coefficient (Wildman–Crippen LogP) is 2.14. The minimum atomic E-state index is -0.707. The second-order valence-corrected chi connectivity index (χ2v) is 5.43. The zero-order valence-electron chi connectivity index (χ0n) is 12.9. The molecule has 1 aromatic rings. The van der Waals surface area contributed by atoms with Crippen LogP contribution in [0.25, 0.3) is 0 Å². The molecule has 1 aromatic carbocycles. The third-order valence-corrected chi connectivity index (χ3v) is 2.63. The Morgan fingerprint density at radius 2 is 1.81 bits per heavy atom. The van der Waals surface area contributed by atoms with E-state index in [1.165, 1.54) is 0 Å². The average molecular weight is 294 g/mol. The van der Waals surface area contributed by atoms with E-state index in [2.05, 4.69) is 36.4 Å². The van der Waals surface area contributed by atoms with E-state index in [1.807, 2.05) is 24.3 Å². The van der Waals surface area contributed by atoms with Crippen molar-refractivity contribution in [1.29, 1.82) is 0 Å². The number of hydrogen-bond acceptors (Lipinski definition) is 4. The summed E-state index contributed by atoms with van der Waals surface area (Å²) in [6.07, 6.45) is -0.707. The van der Waals surface area contributed by atoms with Gasteiger partial charge in [0.25, 0.3) is 5.91 Å². The van der Waals surface area contributed by atoms with Crippen molar-refractivity contribution in [2.75, 3.05) is 13.2 Å². The van der Waals surface area contributed by atoms with Gasteiger partial charge in [-0.3, -0.25) is 10.2 Å². The van der Waals surface area contributed by atoms with E-state index in [0.29, 0.717) is 5.75 Å². The van der Waals surface area contributed by atoms with Gasteiger partial charge in [0.15, 0.2) is 6.61 Å². The van der Waals surface area contributed by atoms with Gasteiger partial charge in [-0.2, -0.15) is 0 Å². The fourth-order valence-corrected chi connectivity index (χ4v) is 1.68. The van der Waals surface area contributed by atoms with Crippen molar-refractivity contribution in [1.82, 2.24) is 10.9 Å². The maximum absolute atomic E-state index is 11.6. The zero-order valence-corrected chi connectivity index (χ0v) is 12.9. The lowest BCUT2D eigenvalue weighted by atomic mass is 9.86. The summed E-state index contributed by atoms with van der Waals surface area (Å²) in [7, 11) is 0. The van der Waals surface area contributed by atoms with Gasteiger partial charge in [0, 0.05) is 0 Å². The Hall–Kier alpha value is -2.24. The molecule has 0 unspecified atom stereocenters. The molecule has 0 heterocycles. The highest BCUT2D eigenvalue weighted by molar-refractivity contribution is 5.80. The smallest absolute Gasteiger partial charge is 0.426 e. The van der Waals surface area contributed by atoms with Crippen LogP contribution in [0.3, 0.4) is 0 Å². The number of carbonyl (C=O) groups excluding carboxylic acids is 2. The van der Waals surface area contributed by atoms with Crippen molar-refractivity contribution in [2.45, 2.75) is 33.1 Å². The molecule has 0 spiro atoms. The third-order valence-electron chi connectivity index (χ3n) is 2.63. The van der Waals surface area contributed by atoms with E-state index in [9.17, 15) is 9.59 Å². The Labute approximate surface area is 124 Å². The van der Waals surface area contributed by atoms with E-state index < -0.39 is 12.0 Å². The molecule has 0 bridgehead atoms. The average Bonchev–Trinajstić information content (AvgIpc) is 2.42.